The number of aldehydes is 1. The van der Waals surface area contributed by atoms with Crippen LogP contribution in [0.15, 0.2) is 24.3 Å². The van der Waals surface area contributed by atoms with Gasteiger partial charge in [-0.3, -0.25) is 14.9 Å². The summed E-state index contributed by atoms with van der Waals surface area (Å²) in [6.07, 6.45) is 1.67. The molecule has 0 heterocycles. The van der Waals surface area contributed by atoms with E-state index in [2.05, 4.69) is 5.32 Å². The summed E-state index contributed by atoms with van der Waals surface area (Å²) >= 11 is 5.83. The summed E-state index contributed by atoms with van der Waals surface area (Å²) in [7, 11) is 1.66. The maximum Gasteiger partial charge on any atom is 0.270 e. The minimum absolute atomic E-state index is 0.0774. The van der Waals surface area contributed by atoms with Crippen LogP contribution in [0.4, 0.5) is 11.4 Å². The molecule has 1 rings (SSSR count). The summed E-state index contributed by atoms with van der Waals surface area (Å²) in [5.74, 6) is 0. The lowest BCUT2D eigenvalue weighted by atomic mass is 10.1. The number of halogens is 1. The second kappa shape index (κ2) is 5.27. The highest BCUT2D eigenvalue weighted by atomic mass is 35.5. The van der Waals surface area contributed by atoms with Crippen molar-refractivity contribution < 1.29 is 9.72 Å². The van der Waals surface area contributed by atoms with Crippen LogP contribution in [-0.4, -0.2) is 18.3 Å². The summed E-state index contributed by atoms with van der Waals surface area (Å²) in [5, 5.41) is 13.6. The van der Waals surface area contributed by atoms with Crippen molar-refractivity contribution in [3.63, 3.8) is 0 Å². The molecule has 1 aromatic carbocycles. The Balaban J connectivity index is 3.32. The lowest BCUT2D eigenvalue weighted by Crippen LogP contribution is -1.96. The maximum absolute atomic E-state index is 10.6. The molecule has 0 amide bonds. The molecule has 0 fully saturated rings. The molecule has 0 spiro atoms. The highest BCUT2D eigenvalue weighted by molar-refractivity contribution is 6.50. The molecule has 6 heteroatoms. The Hall–Kier alpha value is -1.88. The van der Waals surface area contributed by atoms with E-state index in [0.29, 0.717) is 17.5 Å². The third kappa shape index (κ3) is 2.58. The van der Waals surface area contributed by atoms with E-state index in [1.165, 1.54) is 18.2 Å². The standard InChI is InChI=1S/C10H9ClN2O3/c1-12-10-3-2-7(13(15)16)6-8(10)9(11)4-5-14/h2-6,12H,1H3/b9-4+. The molecule has 0 atom stereocenters. The van der Waals surface area contributed by atoms with E-state index in [-0.39, 0.29) is 10.7 Å². The maximum atomic E-state index is 10.6. The fourth-order valence-electron chi connectivity index (χ4n) is 1.21. The topological polar surface area (TPSA) is 72.2 Å². The SMILES string of the molecule is CNc1ccc([N+](=O)[O-])cc1/C(Cl)=C\C=O. The van der Waals surface area contributed by atoms with Gasteiger partial charge in [-0.1, -0.05) is 11.6 Å². The van der Waals surface area contributed by atoms with Crippen molar-refractivity contribution in [3.8, 4) is 0 Å². The number of allylic oxidation sites excluding steroid dienone is 1. The quantitative estimate of drug-likeness (QED) is 0.380. The molecule has 1 N–H and O–H groups in total. The van der Waals surface area contributed by atoms with E-state index in [9.17, 15) is 14.9 Å². The van der Waals surface area contributed by atoms with Gasteiger partial charge in [-0.25, -0.2) is 0 Å². The van der Waals surface area contributed by atoms with Gasteiger partial charge in [0.15, 0.2) is 0 Å². The molecule has 84 valence electrons. The Morgan fingerprint density at radius 1 is 1.56 bits per heavy atom. The number of hydrogen-bond donors (Lipinski definition) is 1. The largest absolute Gasteiger partial charge is 0.388 e. The molecule has 1 aromatic rings. The molecule has 0 bridgehead atoms. The van der Waals surface area contributed by atoms with E-state index in [1.807, 2.05) is 0 Å². The van der Waals surface area contributed by atoms with Crippen molar-refractivity contribution in [2.24, 2.45) is 0 Å². The van der Waals surface area contributed by atoms with Gasteiger partial charge in [0.1, 0.15) is 6.29 Å². The molecule has 16 heavy (non-hydrogen) atoms. The van der Waals surface area contributed by atoms with Crippen molar-refractivity contribution in [1.29, 1.82) is 0 Å². The van der Waals surface area contributed by atoms with Gasteiger partial charge in [-0.15, -0.1) is 0 Å². The van der Waals surface area contributed by atoms with E-state index in [1.54, 1.807) is 7.05 Å². The second-order valence-corrected chi connectivity index (χ2v) is 3.29. The van der Waals surface area contributed by atoms with Gasteiger partial charge in [0.25, 0.3) is 5.69 Å². The lowest BCUT2D eigenvalue weighted by Gasteiger charge is -2.07. The van der Waals surface area contributed by atoms with E-state index >= 15 is 0 Å². The third-order valence-corrected chi connectivity index (χ3v) is 2.28. The van der Waals surface area contributed by atoms with Gasteiger partial charge in [-0.2, -0.15) is 0 Å². The third-order valence-electron chi connectivity index (χ3n) is 1.95. The van der Waals surface area contributed by atoms with Crippen molar-refractivity contribution in [3.05, 3.63) is 40.0 Å². The number of hydrogen-bond acceptors (Lipinski definition) is 4. The zero-order chi connectivity index (χ0) is 12.1. The van der Waals surface area contributed by atoms with Crippen molar-refractivity contribution in [2.45, 2.75) is 0 Å². The number of anilines is 1. The van der Waals surface area contributed by atoms with Crippen molar-refractivity contribution >= 4 is 34.3 Å². The molecule has 0 radical (unpaired) electrons. The first-order chi connectivity index (χ1) is 7.60. The van der Waals surface area contributed by atoms with Crippen LogP contribution >= 0.6 is 11.6 Å². The fraction of sp³-hybridized carbons (Fsp3) is 0.100. The van der Waals surface area contributed by atoms with Crippen LogP contribution in [0.25, 0.3) is 5.03 Å². The normalized spacial score (nSPS) is 11.0. The van der Waals surface area contributed by atoms with Gasteiger partial charge < -0.3 is 5.32 Å². The van der Waals surface area contributed by atoms with Crippen LogP contribution in [0.1, 0.15) is 5.56 Å². The Morgan fingerprint density at radius 2 is 2.25 bits per heavy atom. The molecule has 0 saturated carbocycles. The van der Waals surface area contributed by atoms with E-state index in [0.717, 1.165) is 6.08 Å². The second-order valence-electron chi connectivity index (χ2n) is 2.89. The predicted molar refractivity (Wildman–Crippen MR) is 62.5 cm³/mol. The Bertz CT molecular complexity index is 457. The van der Waals surface area contributed by atoms with Crippen LogP contribution in [0.3, 0.4) is 0 Å². The monoisotopic (exact) mass is 240 g/mol. The van der Waals surface area contributed by atoms with Crippen LogP contribution in [0, 0.1) is 10.1 Å². The molecule has 0 saturated heterocycles. The van der Waals surface area contributed by atoms with E-state index in [4.69, 9.17) is 11.6 Å². The summed E-state index contributed by atoms with van der Waals surface area (Å²) < 4.78 is 0. The smallest absolute Gasteiger partial charge is 0.270 e. The fourth-order valence-corrected chi connectivity index (χ4v) is 1.42. The summed E-state index contributed by atoms with van der Waals surface area (Å²) in [4.78, 5) is 20.4. The zero-order valence-electron chi connectivity index (χ0n) is 8.44. The molecule has 0 unspecified atom stereocenters. The van der Waals surface area contributed by atoms with Crippen molar-refractivity contribution in [1.82, 2.24) is 0 Å². The molecule has 0 aromatic heterocycles. The number of nitrogens with zero attached hydrogens (tertiary/aromatic N) is 1. The molecule has 0 aliphatic rings. The van der Waals surface area contributed by atoms with Crippen molar-refractivity contribution in [2.75, 3.05) is 12.4 Å². The molecular weight excluding hydrogens is 232 g/mol. The number of benzene rings is 1. The molecule has 0 aliphatic heterocycles. The summed E-state index contributed by atoms with van der Waals surface area (Å²) in [6.45, 7) is 0. The first kappa shape index (κ1) is 12.2. The molecule has 0 aliphatic carbocycles. The highest BCUT2D eigenvalue weighted by Gasteiger charge is 2.12. The molecule has 5 nitrogen and oxygen atoms in total. The van der Waals surface area contributed by atoms with Gasteiger partial charge in [0.05, 0.1) is 9.96 Å². The van der Waals surface area contributed by atoms with Crippen LogP contribution in [0.5, 0.6) is 0 Å². The average Bonchev–Trinajstić information content (AvgIpc) is 2.28. The Kier molecular flexibility index (Phi) is 4.02. The van der Waals surface area contributed by atoms with Gasteiger partial charge in [0, 0.05) is 30.4 Å². The number of non-ortho nitro benzene ring substituents is 1. The average molecular weight is 241 g/mol. The van der Waals surface area contributed by atoms with E-state index < -0.39 is 4.92 Å². The van der Waals surface area contributed by atoms with Crippen LogP contribution < -0.4 is 5.32 Å². The highest BCUT2D eigenvalue weighted by Crippen LogP contribution is 2.29. The van der Waals surface area contributed by atoms with Crippen LogP contribution in [0.2, 0.25) is 0 Å². The first-order valence-corrected chi connectivity index (χ1v) is 4.75. The minimum Gasteiger partial charge on any atom is -0.388 e. The summed E-state index contributed by atoms with van der Waals surface area (Å²) in [5.41, 5.74) is 0.964. The number of carbonyl (C=O) groups is 1. The lowest BCUT2D eigenvalue weighted by molar-refractivity contribution is -0.384. The zero-order valence-corrected chi connectivity index (χ0v) is 9.19. The summed E-state index contributed by atoms with van der Waals surface area (Å²) in [6, 6.07) is 4.21. The van der Waals surface area contributed by atoms with Gasteiger partial charge in [-0.05, 0) is 12.1 Å². The number of rotatable bonds is 4. The number of nitro groups is 1. The van der Waals surface area contributed by atoms with Gasteiger partial charge in [0.2, 0.25) is 0 Å². The number of nitrogens with one attached hydrogen (secondary N) is 1. The molecular formula is C10H9ClN2O3. The number of nitro benzene ring substituents is 1. The number of carbonyl (C=O) groups excluding carboxylic acids is 1. The minimum atomic E-state index is -0.520. The predicted octanol–water partition coefficient (Wildman–Crippen LogP) is 2.42. The van der Waals surface area contributed by atoms with Gasteiger partial charge >= 0.3 is 0 Å². The first-order valence-electron chi connectivity index (χ1n) is 4.37. The Morgan fingerprint density at radius 3 is 2.75 bits per heavy atom. The Labute approximate surface area is 96.9 Å². The van der Waals surface area contributed by atoms with Crippen LogP contribution in [-0.2, 0) is 4.79 Å².